The van der Waals surface area contributed by atoms with Crippen molar-refractivity contribution in [1.29, 1.82) is 0 Å². The summed E-state index contributed by atoms with van der Waals surface area (Å²) < 4.78 is 21.9. The summed E-state index contributed by atoms with van der Waals surface area (Å²) in [6.45, 7) is 1.93. The average Bonchev–Trinajstić information content (AvgIpc) is 3.14. The van der Waals surface area contributed by atoms with E-state index >= 15 is 0 Å². The Hall–Kier alpha value is -2.87. The van der Waals surface area contributed by atoms with E-state index in [2.05, 4.69) is 5.32 Å². The summed E-state index contributed by atoms with van der Waals surface area (Å²) in [6, 6.07) is 5.29. The minimum Gasteiger partial charge on any atom is -0.497 e. The molecule has 2 aliphatic rings. The molecule has 0 saturated carbocycles. The SMILES string of the molecule is COC(=O)[C@@H]1CC2(CCc3c(c(COC(C)=O)nc4ccc(OC)cc34)O2)CN1. The second kappa shape index (κ2) is 7.51. The van der Waals surface area contributed by atoms with Gasteiger partial charge in [-0.05, 0) is 31.0 Å². The van der Waals surface area contributed by atoms with Crippen molar-refractivity contribution in [3.05, 3.63) is 29.5 Å². The van der Waals surface area contributed by atoms with Crippen molar-refractivity contribution < 1.29 is 28.5 Å². The van der Waals surface area contributed by atoms with E-state index in [4.69, 9.17) is 23.9 Å². The third kappa shape index (κ3) is 3.60. The number of nitrogens with zero attached hydrogens (tertiary/aromatic N) is 1. The number of rotatable bonds is 4. The van der Waals surface area contributed by atoms with Crippen LogP contribution in [0.1, 0.15) is 31.0 Å². The molecule has 0 radical (unpaired) electrons. The van der Waals surface area contributed by atoms with Crippen LogP contribution in [-0.2, 0) is 32.1 Å². The van der Waals surface area contributed by atoms with Gasteiger partial charge in [-0.2, -0.15) is 0 Å². The monoisotopic (exact) mass is 400 g/mol. The highest BCUT2D eigenvalue weighted by Gasteiger charge is 2.47. The van der Waals surface area contributed by atoms with E-state index in [0.29, 0.717) is 24.4 Å². The molecular weight excluding hydrogens is 376 g/mol. The van der Waals surface area contributed by atoms with Crippen LogP contribution in [0, 0.1) is 0 Å². The molecule has 1 aromatic heterocycles. The highest BCUT2D eigenvalue weighted by atomic mass is 16.5. The lowest BCUT2D eigenvalue weighted by atomic mass is 9.87. The van der Waals surface area contributed by atoms with Crippen LogP contribution in [0.25, 0.3) is 10.9 Å². The van der Waals surface area contributed by atoms with E-state index in [-0.39, 0.29) is 18.5 Å². The van der Waals surface area contributed by atoms with Crippen molar-refractivity contribution in [3.63, 3.8) is 0 Å². The number of aromatic nitrogens is 1. The summed E-state index contributed by atoms with van der Waals surface area (Å²) in [5, 5.41) is 4.15. The lowest BCUT2D eigenvalue weighted by molar-refractivity contribution is -0.143. The molecule has 2 aromatic rings. The molecule has 1 saturated heterocycles. The molecule has 2 atom stereocenters. The van der Waals surface area contributed by atoms with Crippen molar-refractivity contribution in [3.8, 4) is 11.5 Å². The Morgan fingerprint density at radius 1 is 1.34 bits per heavy atom. The molecular formula is C21H24N2O6. The molecule has 4 rings (SSSR count). The van der Waals surface area contributed by atoms with Gasteiger partial charge in [0.25, 0.3) is 0 Å². The van der Waals surface area contributed by atoms with Gasteiger partial charge >= 0.3 is 11.9 Å². The minimum atomic E-state index is -0.523. The molecule has 0 bridgehead atoms. The Labute approximate surface area is 168 Å². The van der Waals surface area contributed by atoms with Gasteiger partial charge in [-0.25, -0.2) is 4.98 Å². The first-order valence-corrected chi connectivity index (χ1v) is 9.58. The Morgan fingerprint density at radius 2 is 2.17 bits per heavy atom. The van der Waals surface area contributed by atoms with Crippen molar-refractivity contribution in [1.82, 2.24) is 10.3 Å². The maximum Gasteiger partial charge on any atom is 0.323 e. The van der Waals surface area contributed by atoms with Gasteiger partial charge in [-0.3, -0.25) is 9.59 Å². The van der Waals surface area contributed by atoms with Gasteiger partial charge in [0.15, 0.2) is 0 Å². The zero-order valence-electron chi connectivity index (χ0n) is 16.7. The third-order valence-electron chi connectivity index (χ3n) is 5.61. The van der Waals surface area contributed by atoms with Crippen molar-refractivity contribution in [2.75, 3.05) is 20.8 Å². The lowest BCUT2D eigenvalue weighted by Gasteiger charge is -2.36. The van der Waals surface area contributed by atoms with Crippen LogP contribution in [0.15, 0.2) is 18.2 Å². The number of ether oxygens (including phenoxy) is 4. The predicted octanol–water partition coefficient (Wildman–Crippen LogP) is 1.91. The molecule has 0 amide bonds. The first-order chi connectivity index (χ1) is 13.9. The van der Waals surface area contributed by atoms with Gasteiger partial charge in [0.05, 0.1) is 19.7 Å². The molecule has 154 valence electrons. The Kier molecular flexibility index (Phi) is 5.04. The molecule has 1 fully saturated rings. The fourth-order valence-corrected chi connectivity index (χ4v) is 4.13. The maximum absolute atomic E-state index is 12.0. The second-order valence-electron chi connectivity index (χ2n) is 7.48. The van der Waals surface area contributed by atoms with Gasteiger partial charge in [0.1, 0.15) is 35.4 Å². The van der Waals surface area contributed by atoms with Crippen molar-refractivity contribution in [2.24, 2.45) is 0 Å². The number of fused-ring (bicyclic) bond motifs is 3. The van der Waals surface area contributed by atoms with E-state index in [1.54, 1.807) is 7.11 Å². The van der Waals surface area contributed by atoms with E-state index in [9.17, 15) is 9.59 Å². The number of methoxy groups -OCH3 is 2. The van der Waals surface area contributed by atoms with Crippen LogP contribution in [0.5, 0.6) is 11.5 Å². The number of pyridine rings is 1. The van der Waals surface area contributed by atoms with Crippen molar-refractivity contribution >= 4 is 22.8 Å². The molecule has 1 spiro atoms. The number of hydrogen-bond acceptors (Lipinski definition) is 8. The van der Waals surface area contributed by atoms with Gasteiger partial charge < -0.3 is 24.3 Å². The summed E-state index contributed by atoms with van der Waals surface area (Å²) in [5.41, 5.74) is 1.87. The minimum absolute atomic E-state index is 0.0313. The molecule has 29 heavy (non-hydrogen) atoms. The summed E-state index contributed by atoms with van der Waals surface area (Å²) in [7, 11) is 3.01. The summed E-state index contributed by atoms with van der Waals surface area (Å²) in [5.74, 6) is 0.695. The fraction of sp³-hybridized carbons (Fsp3) is 0.476. The summed E-state index contributed by atoms with van der Waals surface area (Å²) in [4.78, 5) is 28.0. The van der Waals surface area contributed by atoms with Crippen LogP contribution in [0.3, 0.4) is 0 Å². The van der Waals surface area contributed by atoms with Crippen LogP contribution in [-0.4, -0.2) is 49.3 Å². The standard InChI is InChI=1S/C21H24N2O6/c1-12(24)28-10-18-19-14(15-8-13(26-2)4-5-16(15)23-18)6-7-21(29-19)9-17(22-11-21)20(25)27-3/h4-5,8,17,22H,6-7,9-11H2,1-3H3/t17-,21?/m0/s1. The number of carbonyl (C=O) groups is 2. The highest BCUT2D eigenvalue weighted by Crippen LogP contribution is 2.43. The van der Waals surface area contributed by atoms with Crippen LogP contribution < -0.4 is 14.8 Å². The van der Waals surface area contributed by atoms with Crippen molar-refractivity contribution in [2.45, 2.75) is 44.4 Å². The fourth-order valence-electron chi connectivity index (χ4n) is 4.13. The summed E-state index contributed by atoms with van der Waals surface area (Å²) in [6.07, 6.45) is 2.02. The number of carbonyl (C=O) groups excluding carboxylic acids is 2. The van der Waals surface area contributed by atoms with Gasteiger partial charge in [0, 0.05) is 30.8 Å². The number of hydrogen-bond donors (Lipinski definition) is 1. The van der Waals surface area contributed by atoms with Crippen LogP contribution in [0.2, 0.25) is 0 Å². The molecule has 3 heterocycles. The van der Waals surface area contributed by atoms with Gasteiger partial charge in [0.2, 0.25) is 0 Å². The van der Waals surface area contributed by atoms with Crippen LogP contribution in [0.4, 0.5) is 0 Å². The molecule has 0 aliphatic carbocycles. The Morgan fingerprint density at radius 3 is 2.90 bits per heavy atom. The summed E-state index contributed by atoms with van der Waals surface area (Å²) >= 11 is 0. The molecule has 1 N–H and O–H groups in total. The first kappa shape index (κ1) is 19.4. The largest absolute Gasteiger partial charge is 0.497 e. The predicted molar refractivity (Wildman–Crippen MR) is 104 cm³/mol. The number of benzene rings is 1. The van der Waals surface area contributed by atoms with Gasteiger partial charge in [-0.1, -0.05) is 0 Å². The van der Waals surface area contributed by atoms with E-state index in [1.807, 2.05) is 18.2 Å². The average molecular weight is 400 g/mol. The third-order valence-corrected chi connectivity index (χ3v) is 5.61. The zero-order chi connectivity index (χ0) is 20.6. The molecule has 1 unspecified atom stereocenters. The van der Waals surface area contributed by atoms with E-state index in [1.165, 1.54) is 14.0 Å². The molecule has 2 aliphatic heterocycles. The number of esters is 2. The number of nitrogens with one attached hydrogen (secondary N) is 1. The number of aryl methyl sites for hydroxylation is 1. The maximum atomic E-state index is 12.0. The van der Waals surface area contributed by atoms with E-state index < -0.39 is 11.6 Å². The Bertz CT molecular complexity index is 975. The Balaban J connectivity index is 1.75. The second-order valence-corrected chi connectivity index (χ2v) is 7.48. The quantitative estimate of drug-likeness (QED) is 0.778. The molecule has 1 aromatic carbocycles. The first-order valence-electron chi connectivity index (χ1n) is 9.58. The smallest absolute Gasteiger partial charge is 0.323 e. The van der Waals surface area contributed by atoms with Gasteiger partial charge in [-0.15, -0.1) is 0 Å². The van der Waals surface area contributed by atoms with E-state index in [0.717, 1.165) is 35.1 Å². The molecule has 8 nitrogen and oxygen atoms in total. The lowest BCUT2D eigenvalue weighted by Crippen LogP contribution is -2.42. The van der Waals surface area contributed by atoms with Crippen LogP contribution >= 0.6 is 0 Å². The topological polar surface area (TPSA) is 96.0 Å². The zero-order valence-corrected chi connectivity index (χ0v) is 16.7. The highest BCUT2D eigenvalue weighted by molar-refractivity contribution is 5.86. The molecule has 8 heteroatoms. The normalized spacial score (nSPS) is 22.8.